The second-order valence-corrected chi connectivity index (χ2v) is 8.51. The molecular formula is C15H32N2O2S. The quantitative estimate of drug-likeness (QED) is 0.707. The van der Waals surface area contributed by atoms with Gasteiger partial charge >= 0.3 is 0 Å². The highest BCUT2D eigenvalue weighted by Gasteiger charge is 2.24. The third-order valence-electron chi connectivity index (χ3n) is 4.33. The number of hydrogen-bond acceptors (Lipinski definition) is 4. The molecule has 0 aliphatic carbocycles. The number of nitrogens with one attached hydrogen (secondary N) is 1. The van der Waals surface area contributed by atoms with E-state index in [0.29, 0.717) is 17.7 Å². The Labute approximate surface area is 125 Å². The van der Waals surface area contributed by atoms with Crippen LogP contribution in [0.3, 0.4) is 0 Å². The number of likely N-dealkylation sites (tertiary alicyclic amines) is 1. The van der Waals surface area contributed by atoms with Crippen LogP contribution in [0.25, 0.3) is 0 Å². The third-order valence-corrected chi connectivity index (χ3v) is 6.13. The van der Waals surface area contributed by atoms with E-state index in [4.69, 9.17) is 0 Å². The van der Waals surface area contributed by atoms with Crippen LogP contribution >= 0.6 is 0 Å². The van der Waals surface area contributed by atoms with E-state index in [9.17, 15) is 8.42 Å². The lowest BCUT2D eigenvalue weighted by Crippen LogP contribution is -2.45. The summed E-state index contributed by atoms with van der Waals surface area (Å²) in [5.41, 5.74) is 0. The normalized spacial score (nSPS) is 22.9. The minimum absolute atomic E-state index is 0.271. The highest BCUT2D eigenvalue weighted by atomic mass is 32.2. The van der Waals surface area contributed by atoms with Crippen molar-refractivity contribution in [3.8, 4) is 0 Å². The van der Waals surface area contributed by atoms with Crippen LogP contribution in [-0.4, -0.2) is 57.0 Å². The van der Waals surface area contributed by atoms with Crippen molar-refractivity contribution in [3.05, 3.63) is 0 Å². The maximum atomic E-state index is 11.5. The van der Waals surface area contributed by atoms with E-state index in [0.717, 1.165) is 32.6 Å². The number of sulfone groups is 1. The molecule has 0 spiro atoms. The second-order valence-electron chi connectivity index (χ2n) is 6.04. The van der Waals surface area contributed by atoms with E-state index in [1.165, 1.54) is 19.3 Å². The lowest BCUT2D eigenvalue weighted by molar-refractivity contribution is 0.151. The van der Waals surface area contributed by atoms with E-state index in [-0.39, 0.29) is 5.75 Å². The highest BCUT2D eigenvalue weighted by Crippen LogP contribution is 2.20. The Morgan fingerprint density at radius 1 is 1.35 bits per heavy atom. The van der Waals surface area contributed by atoms with Gasteiger partial charge in [-0.05, 0) is 58.2 Å². The topological polar surface area (TPSA) is 49.4 Å². The van der Waals surface area contributed by atoms with Crippen molar-refractivity contribution < 1.29 is 8.42 Å². The summed E-state index contributed by atoms with van der Waals surface area (Å²) in [5.74, 6) is 1.32. The molecular weight excluding hydrogens is 272 g/mol. The van der Waals surface area contributed by atoms with Gasteiger partial charge in [-0.25, -0.2) is 8.42 Å². The Morgan fingerprint density at radius 3 is 2.75 bits per heavy atom. The molecule has 0 bridgehead atoms. The lowest BCUT2D eigenvalue weighted by Gasteiger charge is -2.36. The Hall–Kier alpha value is -0.130. The predicted octanol–water partition coefficient (Wildman–Crippen LogP) is 1.91. The van der Waals surface area contributed by atoms with Crippen molar-refractivity contribution in [3.63, 3.8) is 0 Å². The van der Waals surface area contributed by atoms with Gasteiger partial charge in [0.2, 0.25) is 0 Å². The van der Waals surface area contributed by atoms with Gasteiger partial charge in [0, 0.05) is 18.3 Å². The molecule has 0 amide bonds. The van der Waals surface area contributed by atoms with E-state index in [1.54, 1.807) is 6.92 Å². The smallest absolute Gasteiger partial charge is 0.150 e. The molecule has 20 heavy (non-hydrogen) atoms. The zero-order chi connectivity index (χ0) is 15.0. The molecule has 0 aromatic rings. The van der Waals surface area contributed by atoms with Gasteiger partial charge in [-0.15, -0.1) is 0 Å². The highest BCUT2D eigenvalue weighted by molar-refractivity contribution is 7.91. The molecule has 0 saturated carbocycles. The van der Waals surface area contributed by atoms with Gasteiger partial charge in [0.05, 0.1) is 5.75 Å². The minimum Gasteiger partial charge on any atom is -0.314 e. The Kier molecular flexibility index (Phi) is 8.07. The molecule has 1 heterocycles. The molecule has 1 N–H and O–H groups in total. The lowest BCUT2D eigenvalue weighted by atomic mass is 9.91. The van der Waals surface area contributed by atoms with Gasteiger partial charge in [0.15, 0.2) is 0 Å². The Bertz CT molecular complexity index is 357. The molecule has 2 unspecified atom stereocenters. The van der Waals surface area contributed by atoms with Crippen LogP contribution in [0.5, 0.6) is 0 Å². The molecule has 1 aliphatic heterocycles. The van der Waals surface area contributed by atoms with Crippen molar-refractivity contribution in [2.24, 2.45) is 5.92 Å². The van der Waals surface area contributed by atoms with Gasteiger partial charge in [-0.3, -0.25) is 0 Å². The molecule has 0 aromatic heterocycles. The van der Waals surface area contributed by atoms with Gasteiger partial charge in [0.25, 0.3) is 0 Å². The van der Waals surface area contributed by atoms with Crippen molar-refractivity contribution in [2.75, 3.05) is 37.7 Å². The van der Waals surface area contributed by atoms with Gasteiger partial charge < -0.3 is 10.2 Å². The zero-order valence-electron chi connectivity index (χ0n) is 13.4. The maximum Gasteiger partial charge on any atom is 0.150 e. The van der Waals surface area contributed by atoms with Gasteiger partial charge in [-0.1, -0.05) is 13.8 Å². The first-order valence-electron chi connectivity index (χ1n) is 8.14. The molecule has 5 heteroatoms. The molecule has 1 aliphatic rings. The van der Waals surface area contributed by atoms with Crippen LogP contribution in [0.15, 0.2) is 0 Å². The predicted molar refractivity (Wildman–Crippen MR) is 85.9 cm³/mol. The van der Waals surface area contributed by atoms with Crippen LogP contribution in [0.2, 0.25) is 0 Å². The first-order chi connectivity index (χ1) is 9.48. The fourth-order valence-corrected chi connectivity index (χ4v) is 3.75. The molecule has 1 fully saturated rings. The fourth-order valence-electron chi connectivity index (χ4n) is 2.89. The summed E-state index contributed by atoms with van der Waals surface area (Å²) in [6.45, 7) is 10.5. The maximum absolute atomic E-state index is 11.5. The number of nitrogens with zero attached hydrogens (tertiary/aromatic N) is 1. The average molecular weight is 305 g/mol. The van der Waals surface area contributed by atoms with Gasteiger partial charge in [0.1, 0.15) is 9.84 Å². The van der Waals surface area contributed by atoms with E-state index in [1.807, 2.05) is 0 Å². The summed E-state index contributed by atoms with van der Waals surface area (Å²) < 4.78 is 23.0. The van der Waals surface area contributed by atoms with Crippen molar-refractivity contribution in [1.82, 2.24) is 10.2 Å². The van der Waals surface area contributed by atoms with Crippen molar-refractivity contribution >= 4 is 9.84 Å². The SMILES string of the molecule is CCCNC(C)C1CCCN(CCCS(=O)(=O)CC)C1. The summed E-state index contributed by atoms with van der Waals surface area (Å²) in [6, 6.07) is 0.567. The monoisotopic (exact) mass is 304 g/mol. The summed E-state index contributed by atoms with van der Waals surface area (Å²) in [5, 5.41) is 3.59. The number of hydrogen-bond donors (Lipinski definition) is 1. The van der Waals surface area contributed by atoms with E-state index >= 15 is 0 Å². The largest absolute Gasteiger partial charge is 0.314 e. The summed E-state index contributed by atoms with van der Waals surface area (Å²) >= 11 is 0. The van der Waals surface area contributed by atoms with E-state index in [2.05, 4.69) is 24.1 Å². The minimum atomic E-state index is -2.80. The number of piperidine rings is 1. The molecule has 120 valence electrons. The molecule has 1 saturated heterocycles. The van der Waals surface area contributed by atoms with E-state index < -0.39 is 9.84 Å². The summed E-state index contributed by atoms with van der Waals surface area (Å²) in [4.78, 5) is 2.45. The summed E-state index contributed by atoms with van der Waals surface area (Å²) in [7, 11) is -2.80. The average Bonchev–Trinajstić information content (AvgIpc) is 2.45. The second kappa shape index (κ2) is 9.00. The summed E-state index contributed by atoms with van der Waals surface area (Å²) in [6.07, 6.45) is 4.49. The fraction of sp³-hybridized carbons (Fsp3) is 1.00. The van der Waals surface area contributed by atoms with Gasteiger partial charge in [-0.2, -0.15) is 0 Å². The number of rotatable bonds is 9. The van der Waals surface area contributed by atoms with Crippen molar-refractivity contribution in [2.45, 2.75) is 52.5 Å². The van der Waals surface area contributed by atoms with Crippen LogP contribution in [0.1, 0.15) is 46.5 Å². The first kappa shape index (κ1) is 17.9. The van der Waals surface area contributed by atoms with Crippen LogP contribution in [-0.2, 0) is 9.84 Å². The Morgan fingerprint density at radius 2 is 2.10 bits per heavy atom. The standard InChI is InChI=1S/C15H32N2O2S/c1-4-9-16-14(3)15-8-6-10-17(13-15)11-7-12-20(18,19)5-2/h14-16H,4-13H2,1-3H3. The van der Waals surface area contributed by atoms with Crippen LogP contribution in [0, 0.1) is 5.92 Å². The zero-order valence-corrected chi connectivity index (χ0v) is 14.2. The Balaban J connectivity index is 2.30. The van der Waals surface area contributed by atoms with Crippen LogP contribution in [0.4, 0.5) is 0 Å². The first-order valence-corrected chi connectivity index (χ1v) is 9.96. The third kappa shape index (κ3) is 6.55. The molecule has 0 radical (unpaired) electrons. The van der Waals surface area contributed by atoms with Crippen molar-refractivity contribution in [1.29, 1.82) is 0 Å². The molecule has 0 aromatic carbocycles. The van der Waals surface area contributed by atoms with Crippen LogP contribution < -0.4 is 5.32 Å². The molecule has 4 nitrogen and oxygen atoms in total. The molecule has 1 rings (SSSR count). The molecule has 2 atom stereocenters.